The third kappa shape index (κ3) is 4.36. The molecule has 0 aliphatic heterocycles. The van der Waals surface area contributed by atoms with Gasteiger partial charge < -0.3 is 10.2 Å². The third-order valence-electron chi connectivity index (χ3n) is 3.52. The predicted octanol–water partition coefficient (Wildman–Crippen LogP) is 1.35. The molecule has 0 aliphatic carbocycles. The average molecular weight is 332 g/mol. The lowest BCUT2D eigenvalue weighted by Crippen LogP contribution is -3.06. The highest BCUT2D eigenvalue weighted by molar-refractivity contribution is 5.95. The molecule has 2 rings (SSSR count). The van der Waals surface area contributed by atoms with Gasteiger partial charge in [0.15, 0.2) is 0 Å². The van der Waals surface area contributed by atoms with E-state index in [1.165, 1.54) is 6.07 Å². The molecule has 7 heteroatoms. The molecule has 0 unspecified atom stereocenters. The Morgan fingerprint density at radius 3 is 2.50 bits per heavy atom. The van der Waals surface area contributed by atoms with Crippen molar-refractivity contribution in [2.45, 2.75) is 6.04 Å². The normalized spacial score (nSPS) is 12.0. The molecule has 0 bridgehead atoms. The summed E-state index contributed by atoms with van der Waals surface area (Å²) in [5.74, 6) is -1.44. The van der Waals surface area contributed by atoms with E-state index in [0.29, 0.717) is 6.54 Å². The summed E-state index contributed by atoms with van der Waals surface area (Å²) >= 11 is 0. The van der Waals surface area contributed by atoms with Crippen LogP contribution in [0.1, 0.15) is 22.0 Å². The Morgan fingerprint density at radius 2 is 1.92 bits per heavy atom. The van der Waals surface area contributed by atoms with Crippen LogP contribution in [-0.4, -0.2) is 31.5 Å². The molecule has 0 saturated heterocycles. The van der Waals surface area contributed by atoms with Crippen molar-refractivity contribution in [1.29, 1.82) is 0 Å². The van der Waals surface area contributed by atoms with Gasteiger partial charge in [-0.15, -0.1) is 0 Å². The Kier molecular flexibility index (Phi) is 5.59. The molecule has 0 aliphatic rings. The van der Waals surface area contributed by atoms with E-state index in [9.17, 15) is 19.3 Å². The number of nitro benzene ring substituents is 1. The summed E-state index contributed by atoms with van der Waals surface area (Å²) in [6.07, 6.45) is 0. The van der Waals surface area contributed by atoms with E-state index in [4.69, 9.17) is 0 Å². The molecular weight excluding hydrogens is 313 g/mol. The number of carbonyl (C=O) groups excluding carboxylic acids is 1. The maximum absolute atomic E-state index is 13.4. The number of hydrogen-bond acceptors (Lipinski definition) is 3. The first-order valence-corrected chi connectivity index (χ1v) is 7.47. The molecule has 24 heavy (non-hydrogen) atoms. The minimum absolute atomic E-state index is 0.0535. The first-order valence-electron chi connectivity index (χ1n) is 7.47. The number of carbonyl (C=O) groups is 1. The number of benzene rings is 2. The van der Waals surface area contributed by atoms with E-state index in [1.54, 1.807) is 0 Å². The zero-order chi connectivity index (χ0) is 17.7. The summed E-state index contributed by atoms with van der Waals surface area (Å²) in [6, 6.07) is 12.3. The van der Waals surface area contributed by atoms with Gasteiger partial charge in [0.25, 0.3) is 5.91 Å². The van der Waals surface area contributed by atoms with Crippen molar-refractivity contribution >= 4 is 11.6 Å². The maximum atomic E-state index is 13.4. The Morgan fingerprint density at radius 1 is 1.25 bits per heavy atom. The number of amides is 1. The second-order valence-electron chi connectivity index (χ2n) is 5.77. The number of nitrogens with one attached hydrogen (secondary N) is 2. The zero-order valence-electron chi connectivity index (χ0n) is 13.5. The Labute approximate surface area is 139 Å². The first-order chi connectivity index (χ1) is 11.4. The largest absolute Gasteiger partial charge is 0.340 e. The molecule has 1 atom stereocenters. The monoisotopic (exact) mass is 332 g/mol. The number of halogens is 1. The molecule has 0 spiro atoms. The second kappa shape index (κ2) is 7.65. The predicted molar refractivity (Wildman–Crippen MR) is 87.4 cm³/mol. The average Bonchev–Trinajstić information content (AvgIpc) is 2.54. The summed E-state index contributed by atoms with van der Waals surface area (Å²) in [7, 11) is 3.93. The lowest BCUT2D eigenvalue weighted by atomic mass is 10.1. The number of hydrogen-bond donors (Lipinski definition) is 2. The van der Waals surface area contributed by atoms with Crippen molar-refractivity contribution < 1.29 is 19.0 Å². The van der Waals surface area contributed by atoms with Gasteiger partial charge in [-0.25, -0.2) is 0 Å². The van der Waals surface area contributed by atoms with E-state index in [-0.39, 0.29) is 11.6 Å². The first kappa shape index (κ1) is 17.6. The van der Waals surface area contributed by atoms with Gasteiger partial charge in [-0.1, -0.05) is 30.3 Å². The summed E-state index contributed by atoms with van der Waals surface area (Å²) in [5.41, 5.74) is 0.276. The maximum Gasteiger partial charge on any atom is 0.305 e. The van der Waals surface area contributed by atoms with Gasteiger partial charge in [-0.3, -0.25) is 14.9 Å². The van der Waals surface area contributed by atoms with Crippen LogP contribution in [0.25, 0.3) is 0 Å². The van der Waals surface area contributed by atoms with Crippen LogP contribution >= 0.6 is 0 Å². The third-order valence-corrected chi connectivity index (χ3v) is 3.52. The molecule has 2 aromatic carbocycles. The fourth-order valence-electron chi connectivity index (χ4n) is 2.38. The smallest absolute Gasteiger partial charge is 0.305 e. The van der Waals surface area contributed by atoms with E-state index < -0.39 is 22.3 Å². The van der Waals surface area contributed by atoms with E-state index in [1.807, 2.05) is 44.4 Å². The fourth-order valence-corrected chi connectivity index (χ4v) is 2.38. The van der Waals surface area contributed by atoms with Crippen LogP contribution in [0, 0.1) is 15.9 Å². The van der Waals surface area contributed by atoms with Crippen LogP contribution in [0.3, 0.4) is 0 Å². The Hall–Kier alpha value is -2.80. The molecule has 0 radical (unpaired) electrons. The van der Waals surface area contributed by atoms with Crippen LogP contribution in [0.15, 0.2) is 48.5 Å². The van der Waals surface area contributed by atoms with Crippen LogP contribution < -0.4 is 10.2 Å². The number of nitrogens with zero attached hydrogens (tertiary/aromatic N) is 1. The summed E-state index contributed by atoms with van der Waals surface area (Å²) in [5, 5.41) is 13.7. The molecule has 6 nitrogen and oxygen atoms in total. The van der Waals surface area contributed by atoms with Crippen LogP contribution in [0.2, 0.25) is 0 Å². The van der Waals surface area contributed by atoms with Gasteiger partial charge in [0.05, 0.1) is 19.0 Å². The lowest BCUT2D eigenvalue weighted by molar-refractivity contribution is -0.860. The van der Waals surface area contributed by atoms with Crippen LogP contribution in [-0.2, 0) is 0 Å². The van der Waals surface area contributed by atoms with Gasteiger partial charge in [0, 0.05) is 11.6 Å². The standard InChI is InChI=1S/C17H18FN3O3/c1-20(2)11-15(12-6-4-3-5-7-12)19-17(22)13-8-9-14(18)16(10-13)21(23)24/h3-10,15H,11H2,1-2H3,(H,19,22)/p+1/t15-/m0/s1. The summed E-state index contributed by atoms with van der Waals surface area (Å²) < 4.78 is 13.4. The summed E-state index contributed by atoms with van der Waals surface area (Å²) in [6.45, 7) is 0.638. The van der Waals surface area contributed by atoms with Crippen molar-refractivity contribution in [3.8, 4) is 0 Å². The van der Waals surface area contributed by atoms with E-state index >= 15 is 0 Å². The van der Waals surface area contributed by atoms with Gasteiger partial charge in [0.1, 0.15) is 12.6 Å². The van der Waals surface area contributed by atoms with Crippen LogP contribution in [0.4, 0.5) is 10.1 Å². The molecule has 1 amide bonds. The van der Waals surface area contributed by atoms with Crippen molar-refractivity contribution in [2.24, 2.45) is 0 Å². The molecule has 126 valence electrons. The Bertz CT molecular complexity index is 735. The minimum Gasteiger partial charge on any atom is -0.340 e. The van der Waals surface area contributed by atoms with Crippen molar-refractivity contribution in [2.75, 3.05) is 20.6 Å². The fraction of sp³-hybridized carbons (Fsp3) is 0.235. The molecular formula is C17H19FN3O3+. The zero-order valence-corrected chi connectivity index (χ0v) is 13.5. The quantitative estimate of drug-likeness (QED) is 0.619. The lowest BCUT2D eigenvalue weighted by Gasteiger charge is -2.21. The topological polar surface area (TPSA) is 76.7 Å². The highest BCUT2D eigenvalue weighted by Crippen LogP contribution is 2.19. The van der Waals surface area contributed by atoms with Gasteiger partial charge in [-0.2, -0.15) is 4.39 Å². The minimum atomic E-state index is -0.964. The molecule has 2 aromatic rings. The van der Waals surface area contributed by atoms with E-state index in [0.717, 1.165) is 22.6 Å². The highest BCUT2D eigenvalue weighted by atomic mass is 19.1. The molecule has 0 fully saturated rings. The van der Waals surface area contributed by atoms with Gasteiger partial charge in [-0.05, 0) is 17.7 Å². The molecule has 0 heterocycles. The summed E-state index contributed by atoms with van der Waals surface area (Å²) in [4.78, 5) is 23.5. The molecule has 0 aromatic heterocycles. The van der Waals surface area contributed by atoms with E-state index in [2.05, 4.69) is 5.32 Å². The number of likely N-dealkylation sites (N-methyl/N-ethyl adjacent to an activating group) is 1. The SMILES string of the molecule is C[NH+](C)C[C@H](NC(=O)c1ccc(F)c([N+](=O)[O-])c1)c1ccccc1. The van der Waals surface area contributed by atoms with Crippen molar-refractivity contribution in [1.82, 2.24) is 5.32 Å². The number of rotatable bonds is 6. The number of nitro groups is 1. The van der Waals surface area contributed by atoms with Gasteiger partial charge >= 0.3 is 5.69 Å². The highest BCUT2D eigenvalue weighted by Gasteiger charge is 2.21. The second-order valence-corrected chi connectivity index (χ2v) is 5.77. The van der Waals surface area contributed by atoms with Crippen molar-refractivity contribution in [3.63, 3.8) is 0 Å². The Balaban J connectivity index is 2.25. The molecule has 0 saturated carbocycles. The van der Waals surface area contributed by atoms with Crippen LogP contribution in [0.5, 0.6) is 0 Å². The van der Waals surface area contributed by atoms with Gasteiger partial charge in [0.2, 0.25) is 5.82 Å². The number of quaternary nitrogens is 1. The molecule has 2 N–H and O–H groups in total. The van der Waals surface area contributed by atoms with Crippen molar-refractivity contribution in [3.05, 3.63) is 75.6 Å².